The smallest absolute Gasteiger partial charge is 0.284 e. The molecular formula is C24H17ClN2O4. The number of carbonyl (C=O) groups excluding carboxylic acids is 1. The van der Waals surface area contributed by atoms with Gasteiger partial charge in [-0.2, -0.15) is 5.10 Å². The van der Waals surface area contributed by atoms with Crippen LogP contribution in [0.1, 0.15) is 5.76 Å². The minimum atomic E-state index is -0.801. The molecule has 0 unspecified atom stereocenters. The van der Waals surface area contributed by atoms with Gasteiger partial charge >= 0.3 is 0 Å². The minimum Gasteiger partial charge on any atom is -0.485 e. The van der Waals surface area contributed by atoms with Gasteiger partial charge in [-0.3, -0.25) is 4.79 Å². The monoisotopic (exact) mass is 432 g/mol. The van der Waals surface area contributed by atoms with Crippen molar-refractivity contribution in [3.05, 3.63) is 83.6 Å². The molecule has 6 nitrogen and oxygen atoms in total. The van der Waals surface area contributed by atoms with Gasteiger partial charge in [-0.15, -0.1) is 0 Å². The SMILES string of the molecule is O=C(N/N=C/c1ccc(-c2cccc(Cl)c2)o1)[C@@H]1COc2cc3ccccc3cc2O1. The lowest BCUT2D eigenvalue weighted by molar-refractivity contribution is -0.130. The van der Waals surface area contributed by atoms with Crippen LogP contribution in [0.5, 0.6) is 11.5 Å². The zero-order chi connectivity index (χ0) is 21.2. The molecule has 5 rings (SSSR count). The van der Waals surface area contributed by atoms with E-state index in [0.29, 0.717) is 28.0 Å². The quantitative estimate of drug-likeness (QED) is 0.362. The molecule has 2 heterocycles. The van der Waals surface area contributed by atoms with Gasteiger partial charge in [-0.1, -0.05) is 48.0 Å². The summed E-state index contributed by atoms with van der Waals surface area (Å²) in [5.74, 6) is 1.90. The number of nitrogens with zero attached hydrogens (tertiary/aromatic N) is 1. The number of hydrogen-bond acceptors (Lipinski definition) is 5. The number of carbonyl (C=O) groups is 1. The number of halogens is 1. The molecule has 7 heteroatoms. The number of rotatable bonds is 4. The first-order valence-electron chi connectivity index (χ1n) is 9.67. The van der Waals surface area contributed by atoms with E-state index >= 15 is 0 Å². The van der Waals surface area contributed by atoms with Crippen molar-refractivity contribution in [2.45, 2.75) is 6.10 Å². The Kier molecular flexibility index (Phi) is 5.06. The predicted octanol–water partition coefficient (Wildman–Crippen LogP) is 5.04. The van der Waals surface area contributed by atoms with Gasteiger partial charge in [0, 0.05) is 10.6 Å². The average molecular weight is 433 g/mol. The van der Waals surface area contributed by atoms with E-state index in [2.05, 4.69) is 10.5 Å². The molecule has 1 atom stereocenters. The number of furan rings is 1. The lowest BCUT2D eigenvalue weighted by Crippen LogP contribution is -2.42. The molecule has 0 bridgehead atoms. The van der Waals surface area contributed by atoms with E-state index < -0.39 is 12.0 Å². The zero-order valence-corrected chi connectivity index (χ0v) is 17.0. The van der Waals surface area contributed by atoms with Gasteiger partial charge in [0.2, 0.25) is 6.10 Å². The summed E-state index contributed by atoms with van der Waals surface area (Å²) in [6, 6.07) is 22.6. The van der Waals surface area contributed by atoms with Crippen LogP contribution in [-0.4, -0.2) is 24.8 Å². The Labute approximate surface area is 183 Å². The van der Waals surface area contributed by atoms with Crippen molar-refractivity contribution in [2.75, 3.05) is 6.61 Å². The van der Waals surface area contributed by atoms with Gasteiger partial charge in [0.15, 0.2) is 11.5 Å². The third-order valence-electron chi connectivity index (χ3n) is 4.87. The first-order valence-corrected chi connectivity index (χ1v) is 10.0. The molecule has 1 aliphatic rings. The maximum Gasteiger partial charge on any atom is 0.284 e. The molecule has 0 radical (unpaired) electrons. The van der Waals surface area contributed by atoms with Crippen molar-refractivity contribution >= 4 is 34.5 Å². The lowest BCUT2D eigenvalue weighted by atomic mass is 10.1. The van der Waals surface area contributed by atoms with Gasteiger partial charge in [0.05, 0.1) is 6.21 Å². The van der Waals surface area contributed by atoms with Crippen LogP contribution in [0.3, 0.4) is 0 Å². The number of hydrogen-bond donors (Lipinski definition) is 1. The van der Waals surface area contributed by atoms with E-state index in [1.807, 2.05) is 60.7 Å². The van der Waals surface area contributed by atoms with Gasteiger partial charge in [0.25, 0.3) is 5.91 Å². The number of fused-ring (bicyclic) bond motifs is 2. The van der Waals surface area contributed by atoms with Crippen LogP contribution in [0, 0.1) is 0 Å². The number of hydrazone groups is 1. The fraction of sp³-hybridized carbons (Fsp3) is 0.0833. The molecule has 4 aromatic rings. The Bertz CT molecular complexity index is 1300. The highest BCUT2D eigenvalue weighted by Gasteiger charge is 2.27. The summed E-state index contributed by atoms with van der Waals surface area (Å²) in [6.45, 7) is 0.104. The average Bonchev–Trinajstić information content (AvgIpc) is 3.26. The molecule has 31 heavy (non-hydrogen) atoms. The highest BCUT2D eigenvalue weighted by molar-refractivity contribution is 6.30. The Morgan fingerprint density at radius 1 is 1.00 bits per heavy atom. The van der Waals surface area contributed by atoms with Crippen LogP contribution in [-0.2, 0) is 4.79 Å². The molecule has 1 N–H and O–H groups in total. The minimum absolute atomic E-state index is 0.104. The maximum absolute atomic E-state index is 12.5. The first kappa shape index (κ1) is 19.2. The van der Waals surface area contributed by atoms with E-state index in [4.69, 9.17) is 25.5 Å². The largest absolute Gasteiger partial charge is 0.485 e. The van der Waals surface area contributed by atoms with Crippen LogP contribution >= 0.6 is 11.6 Å². The van der Waals surface area contributed by atoms with Crippen molar-refractivity contribution in [2.24, 2.45) is 5.10 Å². The number of amides is 1. The van der Waals surface area contributed by atoms with Crippen LogP contribution in [0.2, 0.25) is 5.02 Å². The second kappa shape index (κ2) is 8.16. The van der Waals surface area contributed by atoms with Crippen LogP contribution < -0.4 is 14.9 Å². The third-order valence-corrected chi connectivity index (χ3v) is 5.10. The van der Waals surface area contributed by atoms with Crippen LogP contribution in [0.15, 0.2) is 82.3 Å². The van der Waals surface area contributed by atoms with E-state index in [9.17, 15) is 4.79 Å². The van der Waals surface area contributed by atoms with Gasteiger partial charge < -0.3 is 13.9 Å². The van der Waals surface area contributed by atoms with Crippen molar-refractivity contribution in [1.82, 2.24) is 5.43 Å². The summed E-state index contributed by atoms with van der Waals surface area (Å²) in [4.78, 5) is 12.5. The van der Waals surface area contributed by atoms with Crippen molar-refractivity contribution in [3.63, 3.8) is 0 Å². The highest BCUT2D eigenvalue weighted by atomic mass is 35.5. The molecule has 3 aromatic carbocycles. The molecule has 154 valence electrons. The standard InChI is InChI=1S/C24H17ClN2O4/c25-18-7-3-6-17(10-18)20-9-8-19(30-20)13-26-27-24(28)23-14-29-21-11-15-4-1-2-5-16(15)12-22(21)31-23/h1-13,23H,14H2,(H,27,28)/b26-13+/t23-/m0/s1. The third kappa shape index (κ3) is 4.11. The second-order valence-electron chi connectivity index (χ2n) is 7.01. The molecule has 1 amide bonds. The maximum atomic E-state index is 12.5. The van der Waals surface area contributed by atoms with E-state index in [-0.39, 0.29) is 6.61 Å². The fourth-order valence-corrected chi connectivity index (χ4v) is 3.53. The van der Waals surface area contributed by atoms with Gasteiger partial charge in [-0.05, 0) is 47.2 Å². The highest BCUT2D eigenvalue weighted by Crippen LogP contribution is 2.35. The second-order valence-corrected chi connectivity index (χ2v) is 7.45. The predicted molar refractivity (Wildman–Crippen MR) is 119 cm³/mol. The molecule has 0 fully saturated rings. The zero-order valence-electron chi connectivity index (χ0n) is 16.2. The van der Waals surface area contributed by atoms with E-state index in [0.717, 1.165) is 16.3 Å². The summed E-state index contributed by atoms with van der Waals surface area (Å²) < 4.78 is 17.3. The molecule has 0 spiro atoms. The molecule has 0 saturated carbocycles. The topological polar surface area (TPSA) is 73.1 Å². The number of ether oxygens (including phenoxy) is 2. The van der Waals surface area contributed by atoms with Crippen molar-refractivity contribution in [3.8, 4) is 22.8 Å². The molecular weight excluding hydrogens is 416 g/mol. The van der Waals surface area contributed by atoms with E-state index in [1.165, 1.54) is 6.21 Å². The Balaban J connectivity index is 1.23. The molecule has 0 saturated heterocycles. The summed E-state index contributed by atoms with van der Waals surface area (Å²) in [5, 5.41) is 6.65. The fourth-order valence-electron chi connectivity index (χ4n) is 3.34. The Hall–Kier alpha value is -3.77. The number of benzene rings is 3. The molecule has 0 aliphatic carbocycles. The summed E-state index contributed by atoms with van der Waals surface area (Å²) in [5.41, 5.74) is 3.33. The van der Waals surface area contributed by atoms with Gasteiger partial charge in [0.1, 0.15) is 18.1 Å². The Morgan fingerprint density at radius 3 is 2.61 bits per heavy atom. The lowest BCUT2D eigenvalue weighted by Gasteiger charge is -2.25. The van der Waals surface area contributed by atoms with Crippen molar-refractivity contribution < 1.29 is 18.7 Å². The summed E-state index contributed by atoms with van der Waals surface area (Å²) >= 11 is 6.02. The normalized spacial score (nSPS) is 15.3. The van der Waals surface area contributed by atoms with E-state index in [1.54, 1.807) is 12.1 Å². The molecule has 1 aromatic heterocycles. The first-order chi connectivity index (χ1) is 15.2. The summed E-state index contributed by atoms with van der Waals surface area (Å²) in [6.07, 6.45) is 0.626. The van der Waals surface area contributed by atoms with Crippen LogP contribution in [0.4, 0.5) is 0 Å². The summed E-state index contributed by atoms with van der Waals surface area (Å²) in [7, 11) is 0. The van der Waals surface area contributed by atoms with Crippen LogP contribution in [0.25, 0.3) is 22.1 Å². The number of nitrogens with one attached hydrogen (secondary N) is 1. The van der Waals surface area contributed by atoms with Gasteiger partial charge in [-0.25, -0.2) is 5.43 Å². The molecule has 1 aliphatic heterocycles. The van der Waals surface area contributed by atoms with Crippen molar-refractivity contribution in [1.29, 1.82) is 0 Å². The Morgan fingerprint density at radius 2 is 1.81 bits per heavy atom.